The molecular weight excluding hydrogens is 367 g/mol. The van der Waals surface area contributed by atoms with Crippen LogP contribution in [-0.2, 0) is 16.1 Å². The quantitative estimate of drug-likeness (QED) is 0.529. The SMILES string of the molecule is CCOC(=O)c1c(NC(=O)C[NH+](C)Cc2ccc(F)cc2)oc(C)c1C(C)=O. The van der Waals surface area contributed by atoms with E-state index < -0.39 is 11.9 Å². The fourth-order valence-electron chi connectivity index (χ4n) is 2.91. The summed E-state index contributed by atoms with van der Waals surface area (Å²) in [6.45, 7) is 5.21. The number of likely N-dealkylation sites (N-methyl/N-ethyl adjacent to an activating group) is 1. The number of benzene rings is 1. The third-order valence-electron chi connectivity index (χ3n) is 4.05. The first kappa shape index (κ1) is 21.3. The van der Waals surface area contributed by atoms with Crippen LogP contribution in [0.1, 0.15) is 45.9 Å². The first-order valence-corrected chi connectivity index (χ1v) is 8.90. The van der Waals surface area contributed by atoms with Crippen LogP contribution in [0.2, 0.25) is 0 Å². The van der Waals surface area contributed by atoms with Gasteiger partial charge in [0.25, 0.3) is 5.91 Å². The van der Waals surface area contributed by atoms with Crippen molar-refractivity contribution in [1.29, 1.82) is 0 Å². The zero-order valence-corrected chi connectivity index (χ0v) is 16.3. The molecule has 2 aromatic rings. The van der Waals surface area contributed by atoms with E-state index in [4.69, 9.17) is 9.15 Å². The number of nitrogens with one attached hydrogen (secondary N) is 2. The average molecular weight is 391 g/mol. The molecule has 7 nitrogen and oxygen atoms in total. The van der Waals surface area contributed by atoms with Crippen molar-refractivity contribution in [3.05, 3.63) is 52.5 Å². The summed E-state index contributed by atoms with van der Waals surface area (Å²) in [4.78, 5) is 37.4. The standard InChI is InChI=1S/C20H23FN2O5/c1-5-27-20(26)18-17(12(2)24)13(3)28-19(18)22-16(25)11-23(4)10-14-6-8-15(21)9-7-14/h6-9H,5,10-11H2,1-4H3,(H,22,25)/p+1. The van der Waals surface area contributed by atoms with Crippen molar-refractivity contribution in [2.75, 3.05) is 25.5 Å². The van der Waals surface area contributed by atoms with E-state index in [1.165, 1.54) is 19.1 Å². The zero-order chi connectivity index (χ0) is 20.8. The normalized spacial score (nSPS) is 11.8. The van der Waals surface area contributed by atoms with Gasteiger partial charge in [-0.05, 0) is 32.9 Å². The molecule has 1 heterocycles. The Morgan fingerprint density at radius 3 is 2.39 bits per heavy atom. The number of amides is 1. The van der Waals surface area contributed by atoms with Crippen LogP contribution >= 0.6 is 0 Å². The average Bonchev–Trinajstić information content (AvgIpc) is 2.93. The first-order valence-electron chi connectivity index (χ1n) is 8.90. The van der Waals surface area contributed by atoms with Crippen molar-refractivity contribution >= 4 is 23.5 Å². The number of carbonyl (C=O) groups is 3. The summed E-state index contributed by atoms with van der Waals surface area (Å²) in [5.41, 5.74) is 0.906. The van der Waals surface area contributed by atoms with Gasteiger partial charge >= 0.3 is 5.97 Å². The van der Waals surface area contributed by atoms with Crippen LogP contribution in [0.4, 0.5) is 10.3 Å². The van der Waals surface area contributed by atoms with E-state index in [1.54, 1.807) is 26.0 Å². The van der Waals surface area contributed by atoms with Gasteiger partial charge in [0.1, 0.15) is 23.7 Å². The molecule has 0 bridgehead atoms. The van der Waals surface area contributed by atoms with Gasteiger partial charge in [0.15, 0.2) is 12.3 Å². The Kier molecular flexibility index (Phi) is 7.06. The number of ether oxygens (including phenoxy) is 1. The van der Waals surface area contributed by atoms with E-state index in [0.29, 0.717) is 6.54 Å². The van der Waals surface area contributed by atoms with Crippen molar-refractivity contribution in [3.63, 3.8) is 0 Å². The number of anilines is 1. The van der Waals surface area contributed by atoms with Gasteiger partial charge in [-0.25, -0.2) is 9.18 Å². The molecule has 0 aliphatic rings. The van der Waals surface area contributed by atoms with Gasteiger partial charge in [0.05, 0.1) is 19.2 Å². The van der Waals surface area contributed by atoms with Crippen molar-refractivity contribution in [1.82, 2.24) is 0 Å². The summed E-state index contributed by atoms with van der Waals surface area (Å²) in [5.74, 6) is -1.66. The van der Waals surface area contributed by atoms with Crippen LogP contribution in [0, 0.1) is 12.7 Å². The largest absolute Gasteiger partial charge is 0.462 e. The molecule has 0 fully saturated rings. The second-order valence-corrected chi connectivity index (χ2v) is 6.50. The fraction of sp³-hybridized carbons (Fsp3) is 0.350. The number of carbonyl (C=O) groups excluding carboxylic acids is 3. The number of hydrogen-bond donors (Lipinski definition) is 2. The lowest BCUT2D eigenvalue weighted by atomic mass is 10.1. The molecule has 0 saturated carbocycles. The summed E-state index contributed by atoms with van der Waals surface area (Å²) in [6, 6.07) is 6.04. The molecule has 1 aromatic heterocycles. The Bertz CT molecular complexity index is 873. The van der Waals surface area contributed by atoms with E-state index in [2.05, 4.69) is 5.32 Å². The molecule has 0 spiro atoms. The molecule has 8 heteroatoms. The molecule has 2 N–H and O–H groups in total. The Morgan fingerprint density at radius 2 is 1.82 bits per heavy atom. The van der Waals surface area contributed by atoms with Crippen molar-refractivity contribution in [3.8, 4) is 0 Å². The summed E-state index contributed by atoms with van der Waals surface area (Å²) in [7, 11) is 1.81. The van der Waals surface area contributed by atoms with Crippen LogP contribution in [0.5, 0.6) is 0 Å². The van der Waals surface area contributed by atoms with E-state index in [-0.39, 0.29) is 47.5 Å². The minimum Gasteiger partial charge on any atom is -0.462 e. The van der Waals surface area contributed by atoms with E-state index in [0.717, 1.165) is 10.5 Å². The lowest BCUT2D eigenvalue weighted by molar-refractivity contribution is -0.885. The van der Waals surface area contributed by atoms with Gasteiger partial charge in [-0.15, -0.1) is 0 Å². The number of ketones is 1. The van der Waals surface area contributed by atoms with Crippen molar-refractivity contribution in [2.45, 2.75) is 27.3 Å². The molecule has 0 aliphatic carbocycles. The van der Waals surface area contributed by atoms with Crippen LogP contribution in [0.15, 0.2) is 28.7 Å². The van der Waals surface area contributed by atoms with Gasteiger partial charge in [-0.1, -0.05) is 12.1 Å². The number of halogens is 1. The molecule has 1 atom stereocenters. The summed E-state index contributed by atoms with van der Waals surface area (Å²) in [6.07, 6.45) is 0. The lowest BCUT2D eigenvalue weighted by Crippen LogP contribution is -3.08. The topological polar surface area (TPSA) is 90.0 Å². The van der Waals surface area contributed by atoms with Gasteiger partial charge in [0, 0.05) is 5.56 Å². The maximum absolute atomic E-state index is 13.0. The Labute approximate surface area is 162 Å². The maximum atomic E-state index is 13.0. The van der Waals surface area contributed by atoms with Crippen LogP contribution in [-0.4, -0.2) is 37.9 Å². The molecule has 150 valence electrons. The van der Waals surface area contributed by atoms with Crippen molar-refractivity contribution in [2.24, 2.45) is 0 Å². The highest BCUT2D eigenvalue weighted by atomic mass is 19.1. The Morgan fingerprint density at radius 1 is 1.18 bits per heavy atom. The van der Waals surface area contributed by atoms with Crippen LogP contribution in [0.25, 0.3) is 0 Å². The molecule has 1 aromatic carbocycles. The number of aryl methyl sites for hydroxylation is 1. The zero-order valence-electron chi connectivity index (χ0n) is 16.3. The number of furan rings is 1. The van der Waals surface area contributed by atoms with Crippen LogP contribution in [0.3, 0.4) is 0 Å². The monoisotopic (exact) mass is 391 g/mol. The molecule has 0 saturated heterocycles. The minimum absolute atomic E-state index is 0.0728. The van der Waals surface area contributed by atoms with Gasteiger partial charge in [0.2, 0.25) is 5.88 Å². The third-order valence-corrected chi connectivity index (χ3v) is 4.05. The number of rotatable bonds is 8. The molecular formula is C20H24FN2O5+. The number of Topliss-reactive ketones (excluding diaryl/α,β-unsaturated/α-hetero) is 1. The summed E-state index contributed by atoms with van der Waals surface area (Å²) in [5, 5.41) is 2.55. The molecule has 28 heavy (non-hydrogen) atoms. The van der Waals surface area contributed by atoms with Crippen molar-refractivity contribution < 1.29 is 32.8 Å². The summed E-state index contributed by atoms with van der Waals surface area (Å²) >= 11 is 0. The fourth-order valence-corrected chi connectivity index (χ4v) is 2.91. The van der Waals surface area contributed by atoms with E-state index in [9.17, 15) is 18.8 Å². The lowest BCUT2D eigenvalue weighted by Gasteiger charge is -2.13. The van der Waals surface area contributed by atoms with Gasteiger partial charge < -0.3 is 14.1 Å². The number of hydrogen-bond acceptors (Lipinski definition) is 5. The Balaban J connectivity index is 2.12. The molecule has 2 rings (SSSR count). The molecule has 0 radical (unpaired) electrons. The minimum atomic E-state index is -0.730. The predicted molar refractivity (Wildman–Crippen MR) is 99.9 cm³/mol. The molecule has 1 amide bonds. The highest BCUT2D eigenvalue weighted by Crippen LogP contribution is 2.28. The van der Waals surface area contributed by atoms with Gasteiger partial charge in [-0.2, -0.15) is 0 Å². The first-order chi connectivity index (χ1) is 13.2. The third kappa shape index (κ3) is 5.26. The maximum Gasteiger partial charge on any atom is 0.344 e. The molecule has 0 aliphatic heterocycles. The van der Waals surface area contributed by atoms with E-state index >= 15 is 0 Å². The van der Waals surface area contributed by atoms with Gasteiger partial charge in [-0.3, -0.25) is 14.9 Å². The predicted octanol–water partition coefficient (Wildman–Crippen LogP) is 1.76. The van der Waals surface area contributed by atoms with Crippen LogP contribution < -0.4 is 10.2 Å². The highest BCUT2D eigenvalue weighted by Gasteiger charge is 2.29. The van der Waals surface area contributed by atoms with E-state index in [1.807, 2.05) is 7.05 Å². The summed E-state index contributed by atoms with van der Waals surface area (Å²) < 4.78 is 23.4. The second kappa shape index (κ2) is 9.27. The molecule has 1 unspecified atom stereocenters. The second-order valence-electron chi connectivity index (χ2n) is 6.50. The number of quaternary nitrogens is 1. The smallest absolute Gasteiger partial charge is 0.344 e. The Hall–Kier alpha value is -3.00. The highest BCUT2D eigenvalue weighted by molar-refractivity contribution is 6.10. The number of esters is 1.